The molecule has 0 N–H and O–H groups in total. The standard InChI is InChI=1S/C20H17FN4O2S/c1-15-22-23-20-11-10-19(14-24(15)20)28(26,27)25(13-16-6-3-2-4-7-16)18-9-5-8-17(21)12-18/h2-12,14H,13H2,1H3. The zero-order valence-corrected chi connectivity index (χ0v) is 15.8. The van der Waals surface area contributed by atoms with Gasteiger partial charge in [0.1, 0.15) is 16.5 Å². The molecule has 0 aliphatic rings. The highest BCUT2D eigenvalue weighted by atomic mass is 32.2. The van der Waals surface area contributed by atoms with Gasteiger partial charge in [0.05, 0.1) is 12.2 Å². The minimum atomic E-state index is -3.96. The topological polar surface area (TPSA) is 67.6 Å². The van der Waals surface area contributed by atoms with Crippen LogP contribution in [0.15, 0.2) is 77.8 Å². The second kappa shape index (κ2) is 7.05. The van der Waals surface area contributed by atoms with E-state index in [9.17, 15) is 12.8 Å². The van der Waals surface area contributed by atoms with Gasteiger partial charge in [0.15, 0.2) is 5.65 Å². The Morgan fingerprint density at radius 1 is 1.00 bits per heavy atom. The number of halogens is 1. The SMILES string of the molecule is Cc1nnc2ccc(S(=O)(=O)N(Cc3ccccc3)c3cccc(F)c3)cn12. The molecule has 0 saturated heterocycles. The van der Waals surface area contributed by atoms with Crippen LogP contribution in [0.5, 0.6) is 0 Å². The van der Waals surface area contributed by atoms with Crippen molar-refractivity contribution < 1.29 is 12.8 Å². The zero-order chi connectivity index (χ0) is 19.7. The fourth-order valence-electron chi connectivity index (χ4n) is 2.96. The summed E-state index contributed by atoms with van der Waals surface area (Å²) in [5.41, 5.74) is 1.60. The van der Waals surface area contributed by atoms with Crippen molar-refractivity contribution in [2.24, 2.45) is 0 Å². The molecule has 0 bridgehead atoms. The average Bonchev–Trinajstić information content (AvgIpc) is 3.07. The van der Waals surface area contributed by atoms with Crippen LogP contribution in [0.4, 0.5) is 10.1 Å². The number of rotatable bonds is 5. The van der Waals surface area contributed by atoms with Gasteiger partial charge in [-0.3, -0.25) is 8.71 Å². The first kappa shape index (κ1) is 18.1. The number of fused-ring (bicyclic) bond motifs is 1. The van der Waals surface area contributed by atoms with E-state index in [0.717, 1.165) is 5.56 Å². The minimum absolute atomic E-state index is 0.0723. The summed E-state index contributed by atoms with van der Waals surface area (Å²) in [5, 5.41) is 7.93. The molecule has 28 heavy (non-hydrogen) atoms. The Bertz CT molecular complexity index is 1240. The van der Waals surface area contributed by atoms with Crippen molar-refractivity contribution in [3.8, 4) is 0 Å². The van der Waals surface area contributed by atoms with Crippen LogP contribution >= 0.6 is 0 Å². The van der Waals surface area contributed by atoms with E-state index in [-0.39, 0.29) is 17.1 Å². The predicted molar refractivity (Wildman–Crippen MR) is 104 cm³/mol. The van der Waals surface area contributed by atoms with Gasteiger partial charge >= 0.3 is 0 Å². The quantitative estimate of drug-likeness (QED) is 0.517. The molecule has 0 radical (unpaired) electrons. The summed E-state index contributed by atoms with van der Waals surface area (Å²) in [4.78, 5) is 0.0723. The third-order valence-electron chi connectivity index (χ3n) is 4.40. The summed E-state index contributed by atoms with van der Waals surface area (Å²) in [6.45, 7) is 1.82. The first-order valence-corrected chi connectivity index (χ1v) is 10.0. The maximum atomic E-state index is 13.8. The fraction of sp³-hybridized carbons (Fsp3) is 0.100. The number of aryl methyl sites for hydroxylation is 1. The molecule has 2 aromatic heterocycles. The number of nitrogens with zero attached hydrogens (tertiary/aromatic N) is 4. The Hall–Kier alpha value is -3.26. The van der Waals surface area contributed by atoms with Gasteiger partial charge in [-0.15, -0.1) is 10.2 Å². The second-order valence-corrected chi connectivity index (χ2v) is 8.18. The van der Waals surface area contributed by atoms with Crippen LogP contribution in [0.25, 0.3) is 5.65 Å². The van der Waals surface area contributed by atoms with E-state index in [1.54, 1.807) is 23.5 Å². The molecule has 2 aromatic carbocycles. The second-order valence-electron chi connectivity index (χ2n) is 6.32. The van der Waals surface area contributed by atoms with E-state index in [1.165, 1.54) is 34.8 Å². The first-order valence-electron chi connectivity index (χ1n) is 8.59. The van der Waals surface area contributed by atoms with Crippen LogP contribution in [-0.4, -0.2) is 23.0 Å². The number of anilines is 1. The summed E-state index contributed by atoms with van der Waals surface area (Å²) in [5.74, 6) is 0.0725. The van der Waals surface area contributed by atoms with Gasteiger partial charge in [-0.2, -0.15) is 0 Å². The molecule has 0 spiro atoms. The third-order valence-corrected chi connectivity index (χ3v) is 6.16. The van der Waals surface area contributed by atoms with Crippen LogP contribution in [-0.2, 0) is 16.6 Å². The van der Waals surface area contributed by atoms with E-state index in [4.69, 9.17) is 0 Å². The zero-order valence-electron chi connectivity index (χ0n) is 15.0. The van der Waals surface area contributed by atoms with E-state index in [1.807, 2.05) is 30.3 Å². The molecule has 4 aromatic rings. The van der Waals surface area contributed by atoms with Crippen LogP contribution in [0, 0.1) is 12.7 Å². The molecular formula is C20H17FN4O2S. The van der Waals surface area contributed by atoms with Gasteiger partial charge < -0.3 is 0 Å². The largest absolute Gasteiger partial charge is 0.285 e. The molecular weight excluding hydrogens is 379 g/mol. The Labute approximate surface area is 161 Å². The van der Waals surface area contributed by atoms with Gasteiger partial charge in [0.25, 0.3) is 10.0 Å². The van der Waals surface area contributed by atoms with E-state index < -0.39 is 15.8 Å². The number of aromatic nitrogens is 3. The normalized spacial score (nSPS) is 11.6. The molecule has 0 unspecified atom stereocenters. The predicted octanol–water partition coefficient (Wildman–Crippen LogP) is 3.57. The summed E-state index contributed by atoms with van der Waals surface area (Å²) in [7, 11) is -3.96. The number of hydrogen-bond donors (Lipinski definition) is 0. The molecule has 4 rings (SSSR count). The van der Waals surface area contributed by atoms with Crippen LogP contribution in [0.3, 0.4) is 0 Å². The van der Waals surface area contributed by atoms with Crippen LogP contribution in [0.2, 0.25) is 0 Å². The Morgan fingerprint density at radius 3 is 2.54 bits per heavy atom. The van der Waals surface area contributed by atoms with Crippen molar-refractivity contribution in [2.75, 3.05) is 4.31 Å². The summed E-state index contributed by atoms with van der Waals surface area (Å²) < 4.78 is 43.6. The molecule has 0 atom stereocenters. The Balaban J connectivity index is 1.84. The van der Waals surface area contributed by atoms with Gasteiger partial charge in [-0.1, -0.05) is 36.4 Å². The summed E-state index contributed by atoms with van der Waals surface area (Å²) in [6, 6.07) is 17.8. The van der Waals surface area contributed by atoms with E-state index in [2.05, 4.69) is 10.2 Å². The highest BCUT2D eigenvalue weighted by Crippen LogP contribution is 2.27. The van der Waals surface area contributed by atoms with Gasteiger partial charge in [-0.05, 0) is 42.8 Å². The van der Waals surface area contributed by atoms with Crippen molar-refractivity contribution in [1.29, 1.82) is 0 Å². The monoisotopic (exact) mass is 396 g/mol. The fourth-order valence-corrected chi connectivity index (χ4v) is 4.40. The number of sulfonamides is 1. The summed E-state index contributed by atoms with van der Waals surface area (Å²) >= 11 is 0. The van der Waals surface area contributed by atoms with Gasteiger partial charge in [0, 0.05) is 6.20 Å². The Kier molecular flexibility index (Phi) is 4.56. The van der Waals surface area contributed by atoms with Crippen molar-refractivity contribution in [3.63, 3.8) is 0 Å². The minimum Gasteiger partial charge on any atom is -0.285 e. The molecule has 6 nitrogen and oxygen atoms in total. The number of pyridine rings is 1. The highest BCUT2D eigenvalue weighted by molar-refractivity contribution is 7.92. The lowest BCUT2D eigenvalue weighted by Gasteiger charge is -2.25. The third kappa shape index (κ3) is 3.34. The molecule has 0 aliphatic heterocycles. The smallest absolute Gasteiger partial charge is 0.266 e. The molecule has 2 heterocycles. The van der Waals surface area contributed by atoms with Gasteiger partial charge in [0.2, 0.25) is 0 Å². The van der Waals surface area contributed by atoms with Crippen molar-refractivity contribution in [1.82, 2.24) is 14.6 Å². The lowest BCUT2D eigenvalue weighted by molar-refractivity contribution is 0.589. The van der Waals surface area contributed by atoms with Crippen molar-refractivity contribution in [3.05, 3.63) is 90.1 Å². The lowest BCUT2D eigenvalue weighted by Crippen LogP contribution is -2.30. The van der Waals surface area contributed by atoms with Gasteiger partial charge in [-0.25, -0.2) is 12.8 Å². The Morgan fingerprint density at radius 2 is 1.79 bits per heavy atom. The molecule has 0 fully saturated rings. The molecule has 0 saturated carbocycles. The molecule has 8 heteroatoms. The number of hydrogen-bond acceptors (Lipinski definition) is 4. The van der Waals surface area contributed by atoms with Crippen molar-refractivity contribution in [2.45, 2.75) is 18.4 Å². The number of benzene rings is 2. The summed E-state index contributed by atoms with van der Waals surface area (Å²) in [6.07, 6.45) is 1.48. The van der Waals surface area contributed by atoms with Crippen LogP contribution < -0.4 is 4.31 Å². The molecule has 0 aliphatic carbocycles. The first-order chi connectivity index (χ1) is 13.4. The molecule has 142 valence electrons. The van der Waals surface area contributed by atoms with E-state index in [0.29, 0.717) is 11.5 Å². The van der Waals surface area contributed by atoms with Crippen LogP contribution in [0.1, 0.15) is 11.4 Å². The lowest BCUT2D eigenvalue weighted by atomic mass is 10.2. The molecule has 0 amide bonds. The van der Waals surface area contributed by atoms with E-state index >= 15 is 0 Å². The highest BCUT2D eigenvalue weighted by Gasteiger charge is 2.26. The van der Waals surface area contributed by atoms with Crippen molar-refractivity contribution >= 4 is 21.4 Å². The average molecular weight is 396 g/mol. The maximum Gasteiger partial charge on any atom is 0.266 e. The maximum absolute atomic E-state index is 13.8.